The number of ketones is 1. The van der Waals surface area contributed by atoms with E-state index in [1.165, 1.54) is 38.5 Å². The fourth-order valence-electron chi connectivity index (χ4n) is 5.61. The maximum Gasteiger partial charge on any atom is 0.410 e. The quantitative estimate of drug-likeness (QED) is 0.151. The lowest BCUT2D eigenvalue weighted by atomic mass is 9.86. The molecule has 3 aromatic rings. The number of esters is 1. The van der Waals surface area contributed by atoms with Gasteiger partial charge in [0.2, 0.25) is 6.23 Å². The van der Waals surface area contributed by atoms with E-state index in [2.05, 4.69) is 5.32 Å². The first-order chi connectivity index (χ1) is 23.0. The Kier molecular flexibility index (Phi) is 12.0. The second kappa shape index (κ2) is 16.2. The topological polar surface area (TPSA) is 150 Å². The lowest BCUT2D eigenvalue weighted by molar-refractivity contribution is -0.0416. The van der Waals surface area contributed by atoms with Gasteiger partial charge in [-0.3, -0.25) is 14.5 Å². The molecule has 0 saturated carbocycles. The van der Waals surface area contributed by atoms with E-state index < -0.39 is 71.7 Å². The molecule has 1 saturated heterocycles. The zero-order valence-electron chi connectivity index (χ0n) is 26.8. The van der Waals surface area contributed by atoms with Crippen LogP contribution >= 0.6 is 0 Å². The lowest BCUT2D eigenvalue weighted by Gasteiger charge is -2.35. The molecule has 0 aliphatic carbocycles. The number of aryl methyl sites for hydroxylation is 2. The van der Waals surface area contributed by atoms with E-state index in [-0.39, 0.29) is 37.3 Å². The van der Waals surface area contributed by atoms with Gasteiger partial charge in [-0.1, -0.05) is 18.2 Å². The number of hydrogen-bond acceptors (Lipinski definition) is 9. The molecule has 2 N–H and O–H groups in total. The fourth-order valence-corrected chi connectivity index (χ4v) is 5.61. The molecule has 4 rings (SSSR count). The van der Waals surface area contributed by atoms with Crippen LogP contribution in [-0.4, -0.2) is 80.4 Å². The molecule has 1 aliphatic heterocycles. The van der Waals surface area contributed by atoms with Gasteiger partial charge in [-0.15, -0.1) is 0 Å². The average Bonchev–Trinajstić information content (AvgIpc) is 3.22. The third-order valence-electron chi connectivity index (χ3n) is 7.72. The van der Waals surface area contributed by atoms with Crippen molar-refractivity contribution < 1.29 is 56.7 Å². The van der Waals surface area contributed by atoms with Crippen molar-refractivity contribution in [1.29, 1.82) is 0 Å². The largest absolute Gasteiger partial charge is 0.467 e. The number of carboxylic acid groups (broad SMARTS) is 1. The van der Waals surface area contributed by atoms with Gasteiger partial charge in [0, 0.05) is 44.4 Å². The second-order valence-electron chi connectivity index (χ2n) is 11.1. The number of ether oxygens (including phenoxy) is 5. The SMILES string of the molecule is COCOc1cc(F)cc(F)c1C(=O)C1CCCN(C(=O)O)C(OC(=O)c2ccccc2)C1NC(=O)c1cc(C)c(OCOC)c(C)c1. The van der Waals surface area contributed by atoms with Crippen molar-refractivity contribution in [2.24, 2.45) is 5.92 Å². The molecule has 0 radical (unpaired) electrons. The molecule has 14 heteroatoms. The fraction of sp³-hybridized carbons (Fsp3) is 0.353. The molecule has 0 spiro atoms. The summed E-state index contributed by atoms with van der Waals surface area (Å²) in [6.45, 7) is 2.75. The highest BCUT2D eigenvalue weighted by molar-refractivity contribution is 6.02. The number of carbonyl (C=O) groups excluding carboxylic acids is 3. The summed E-state index contributed by atoms with van der Waals surface area (Å²) in [4.78, 5) is 54.8. The van der Waals surface area contributed by atoms with Crippen molar-refractivity contribution >= 4 is 23.8 Å². The smallest absolute Gasteiger partial charge is 0.410 e. The minimum Gasteiger partial charge on any atom is -0.467 e. The Balaban J connectivity index is 1.83. The van der Waals surface area contributed by atoms with Gasteiger partial charge in [0.15, 0.2) is 19.4 Å². The van der Waals surface area contributed by atoms with Crippen LogP contribution in [0.2, 0.25) is 0 Å². The summed E-state index contributed by atoms with van der Waals surface area (Å²) in [5, 5.41) is 12.9. The number of halogens is 2. The second-order valence-corrected chi connectivity index (χ2v) is 11.1. The molecule has 12 nitrogen and oxygen atoms in total. The van der Waals surface area contributed by atoms with E-state index in [0.29, 0.717) is 22.9 Å². The number of amides is 2. The Hall–Kier alpha value is -5.08. The van der Waals surface area contributed by atoms with Gasteiger partial charge < -0.3 is 34.1 Å². The zero-order valence-corrected chi connectivity index (χ0v) is 26.8. The molecule has 3 unspecified atom stereocenters. The van der Waals surface area contributed by atoms with Crippen LogP contribution < -0.4 is 14.8 Å². The molecule has 2 amide bonds. The monoisotopic (exact) mass is 670 g/mol. The summed E-state index contributed by atoms with van der Waals surface area (Å²) < 4.78 is 56.1. The van der Waals surface area contributed by atoms with Crippen molar-refractivity contribution in [1.82, 2.24) is 10.2 Å². The van der Waals surface area contributed by atoms with Gasteiger partial charge in [0.1, 0.15) is 23.1 Å². The molecular formula is C34H36F2N2O10. The van der Waals surface area contributed by atoms with Gasteiger partial charge in [-0.2, -0.15) is 0 Å². The molecule has 0 bridgehead atoms. The molecular weight excluding hydrogens is 634 g/mol. The predicted octanol–water partition coefficient (Wildman–Crippen LogP) is 5.10. The molecule has 1 fully saturated rings. The van der Waals surface area contributed by atoms with E-state index in [1.54, 1.807) is 32.0 Å². The number of rotatable bonds is 12. The molecule has 1 aliphatic rings. The number of likely N-dealkylation sites (tertiary alicyclic amines) is 1. The number of hydrogen-bond donors (Lipinski definition) is 2. The summed E-state index contributed by atoms with van der Waals surface area (Å²) in [6, 6.07) is 10.6. The van der Waals surface area contributed by atoms with E-state index in [9.17, 15) is 28.7 Å². The Bertz CT molecular complexity index is 1630. The van der Waals surface area contributed by atoms with Crippen molar-refractivity contribution in [3.63, 3.8) is 0 Å². The molecule has 256 valence electrons. The number of Topliss-reactive ketones (excluding diaryl/α,β-unsaturated/α-hetero) is 1. The van der Waals surface area contributed by atoms with Crippen LogP contribution in [0.25, 0.3) is 0 Å². The van der Waals surface area contributed by atoms with E-state index in [0.717, 1.165) is 11.0 Å². The summed E-state index contributed by atoms with van der Waals surface area (Å²) in [5.74, 6) is -6.22. The predicted molar refractivity (Wildman–Crippen MR) is 166 cm³/mol. The first-order valence-electron chi connectivity index (χ1n) is 14.9. The van der Waals surface area contributed by atoms with Crippen molar-refractivity contribution in [3.05, 3.63) is 94.0 Å². The summed E-state index contributed by atoms with van der Waals surface area (Å²) in [7, 11) is 2.74. The lowest BCUT2D eigenvalue weighted by Crippen LogP contribution is -2.58. The number of carbonyl (C=O) groups is 4. The average molecular weight is 671 g/mol. The highest BCUT2D eigenvalue weighted by atomic mass is 19.1. The Labute approximate surface area is 275 Å². The van der Waals surface area contributed by atoms with Crippen LogP contribution in [0.5, 0.6) is 11.5 Å². The number of nitrogens with zero attached hydrogens (tertiary/aromatic N) is 1. The zero-order chi connectivity index (χ0) is 35.0. The highest BCUT2D eigenvalue weighted by Gasteiger charge is 2.46. The van der Waals surface area contributed by atoms with Gasteiger partial charge in [-0.25, -0.2) is 18.4 Å². The minimum absolute atomic E-state index is 0.0331. The van der Waals surface area contributed by atoms with Crippen LogP contribution in [0.4, 0.5) is 13.6 Å². The minimum atomic E-state index is -1.74. The van der Waals surface area contributed by atoms with Crippen LogP contribution in [0.1, 0.15) is 55.0 Å². The van der Waals surface area contributed by atoms with Crippen molar-refractivity contribution in [2.75, 3.05) is 34.4 Å². The maximum atomic E-state index is 15.4. The molecule has 1 heterocycles. The van der Waals surface area contributed by atoms with Crippen molar-refractivity contribution in [2.45, 2.75) is 39.0 Å². The summed E-state index contributed by atoms with van der Waals surface area (Å²) in [5.41, 5.74) is 0.729. The molecule has 3 atom stereocenters. The normalized spacial score (nSPS) is 17.6. The molecule has 0 aromatic heterocycles. The number of methoxy groups -OCH3 is 2. The number of nitrogens with one attached hydrogen (secondary N) is 1. The first kappa shape index (κ1) is 35.8. The van der Waals surface area contributed by atoms with Crippen LogP contribution in [0.15, 0.2) is 54.6 Å². The van der Waals surface area contributed by atoms with Crippen LogP contribution in [0.3, 0.4) is 0 Å². The van der Waals surface area contributed by atoms with Gasteiger partial charge >= 0.3 is 12.1 Å². The van der Waals surface area contributed by atoms with Gasteiger partial charge in [-0.05, 0) is 62.1 Å². The number of benzene rings is 3. The standard InChI is InChI=1S/C34H36F2N2O10/c1-19-13-22(14-20(2)30(19)47-18-45-4)31(40)37-28-24(29(39)27-25(36)15-23(35)16-26(27)46-17-44-3)11-8-12-38(34(42)43)32(28)48-33(41)21-9-6-5-7-10-21/h5-7,9-10,13-16,24,28,32H,8,11-12,17-18H2,1-4H3,(H,37,40)(H,42,43). The third kappa shape index (κ3) is 8.25. The highest BCUT2D eigenvalue weighted by Crippen LogP contribution is 2.34. The summed E-state index contributed by atoms with van der Waals surface area (Å²) >= 11 is 0. The Morgan fingerprint density at radius 2 is 1.56 bits per heavy atom. The van der Waals surface area contributed by atoms with E-state index in [1.807, 2.05) is 0 Å². The van der Waals surface area contributed by atoms with Gasteiger partial charge in [0.05, 0.1) is 17.2 Å². The van der Waals surface area contributed by atoms with Crippen LogP contribution in [-0.2, 0) is 14.2 Å². The van der Waals surface area contributed by atoms with E-state index in [4.69, 9.17) is 23.7 Å². The van der Waals surface area contributed by atoms with E-state index >= 15 is 4.39 Å². The van der Waals surface area contributed by atoms with Gasteiger partial charge in [0.25, 0.3) is 5.91 Å². The Morgan fingerprint density at radius 3 is 2.19 bits per heavy atom. The third-order valence-corrected chi connectivity index (χ3v) is 7.72. The summed E-state index contributed by atoms with van der Waals surface area (Å²) in [6.07, 6.45) is -3.24. The van der Waals surface area contributed by atoms with Crippen LogP contribution in [0, 0.1) is 31.4 Å². The Morgan fingerprint density at radius 1 is 0.917 bits per heavy atom. The molecule has 48 heavy (non-hydrogen) atoms. The first-order valence-corrected chi connectivity index (χ1v) is 14.9. The maximum absolute atomic E-state index is 15.4. The molecule has 3 aromatic carbocycles. The van der Waals surface area contributed by atoms with Crippen molar-refractivity contribution in [3.8, 4) is 11.5 Å².